The molecule has 0 saturated heterocycles. The molecule has 0 fully saturated rings. The van der Waals surface area contributed by atoms with Gasteiger partial charge in [0.25, 0.3) is 0 Å². The van der Waals surface area contributed by atoms with E-state index in [1.807, 2.05) is 0 Å². The van der Waals surface area contributed by atoms with Crippen molar-refractivity contribution in [2.75, 3.05) is 13.2 Å². The quantitative estimate of drug-likeness (QED) is 0.233. The number of carbonyl (C=O) groups is 1. The third-order valence-electron chi connectivity index (χ3n) is 2.09. The highest BCUT2D eigenvalue weighted by Crippen LogP contribution is 2.06. The van der Waals surface area contributed by atoms with Gasteiger partial charge in [0.2, 0.25) is 0 Å². The van der Waals surface area contributed by atoms with Crippen molar-refractivity contribution < 1.29 is 35.4 Å². The summed E-state index contributed by atoms with van der Waals surface area (Å²) in [6.45, 7) is -1.26. The summed E-state index contributed by atoms with van der Waals surface area (Å²) in [5, 5.41) is 54.0. The lowest BCUT2D eigenvalue weighted by molar-refractivity contribution is -0.153. The van der Waals surface area contributed by atoms with Crippen molar-refractivity contribution in [1.29, 1.82) is 0 Å². The van der Waals surface area contributed by atoms with Crippen LogP contribution in [0.4, 0.5) is 0 Å². The standard InChI is InChI=1S/C8H17NO7/c9-1-3(11)5(13)7(15)8(16)6(14)4(12)2-10/h3-6,8,10-14,16H,1-2,9H2/t3-,4?,5+,6+,8+/m0/s1. The van der Waals surface area contributed by atoms with E-state index >= 15 is 0 Å². The average molecular weight is 239 g/mol. The molecule has 1 unspecified atom stereocenters. The minimum absolute atomic E-state index is 0.404. The van der Waals surface area contributed by atoms with E-state index in [9.17, 15) is 9.90 Å². The molecule has 0 saturated carbocycles. The lowest BCUT2D eigenvalue weighted by Crippen LogP contribution is -2.51. The summed E-state index contributed by atoms with van der Waals surface area (Å²) in [5.41, 5.74) is 4.98. The molecule has 0 radical (unpaired) electrons. The van der Waals surface area contributed by atoms with E-state index in [2.05, 4.69) is 0 Å². The summed E-state index contributed by atoms with van der Waals surface area (Å²) < 4.78 is 0. The summed E-state index contributed by atoms with van der Waals surface area (Å²) in [5.74, 6) is -1.28. The number of aliphatic hydroxyl groups is 6. The average Bonchev–Trinajstić information content (AvgIpc) is 2.32. The van der Waals surface area contributed by atoms with Crippen molar-refractivity contribution in [1.82, 2.24) is 0 Å². The first-order valence-corrected chi connectivity index (χ1v) is 4.61. The summed E-state index contributed by atoms with van der Waals surface area (Å²) in [4.78, 5) is 11.2. The van der Waals surface area contributed by atoms with Gasteiger partial charge in [-0.15, -0.1) is 0 Å². The Morgan fingerprint density at radius 1 is 1.00 bits per heavy atom. The van der Waals surface area contributed by atoms with Crippen LogP contribution in [0.1, 0.15) is 0 Å². The Morgan fingerprint density at radius 2 is 1.50 bits per heavy atom. The second-order valence-corrected chi connectivity index (χ2v) is 3.34. The van der Waals surface area contributed by atoms with Gasteiger partial charge in [0.05, 0.1) is 12.7 Å². The van der Waals surface area contributed by atoms with E-state index in [0.29, 0.717) is 0 Å². The summed E-state index contributed by atoms with van der Waals surface area (Å²) in [6, 6.07) is 0. The fourth-order valence-corrected chi connectivity index (χ4v) is 0.980. The van der Waals surface area contributed by atoms with Crippen LogP contribution in [-0.4, -0.2) is 80.1 Å². The van der Waals surface area contributed by atoms with Crippen LogP contribution in [-0.2, 0) is 4.79 Å². The van der Waals surface area contributed by atoms with Crippen LogP contribution in [0.2, 0.25) is 0 Å². The molecule has 0 heterocycles. The smallest absolute Gasteiger partial charge is 0.195 e. The number of Topliss-reactive ketones (excluding diaryl/α,β-unsaturated/α-hetero) is 1. The Balaban J connectivity index is 4.48. The lowest BCUT2D eigenvalue weighted by atomic mass is 9.98. The van der Waals surface area contributed by atoms with Crippen LogP contribution in [0.5, 0.6) is 0 Å². The molecule has 96 valence electrons. The van der Waals surface area contributed by atoms with Gasteiger partial charge >= 0.3 is 0 Å². The molecule has 0 spiro atoms. The second-order valence-electron chi connectivity index (χ2n) is 3.34. The molecule has 8 N–H and O–H groups in total. The van der Waals surface area contributed by atoms with E-state index in [4.69, 9.17) is 31.3 Å². The molecule has 0 aromatic carbocycles. The highest BCUT2D eigenvalue weighted by molar-refractivity contribution is 5.88. The Hall–Kier alpha value is -0.610. The summed E-state index contributed by atoms with van der Waals surface area (Å²) in [7, 11) is 0. The normalized spacial score (nSPS) is 20.9. The van der Waals surface area contributed by atoms with Crippen LogP contribution in [0.25, 0.3) is 0 Å². The zero-order chi connectivity index (χ0) is 12.9. The minimum atomic E-state index is -2.11. The van der Waals surface area contributed by atoms with Gasteiger partial charge in [0, 0.05) is 6.54 Å². The molecular weight excluding hydrogens is 222 g/mol. The van der Waals surface area contributed by atoms with Crippen LogP contribution >= 0.6 is 0 Å². The summed E-state index contributed by atoms with van der Waals surface area (Å²) >= 11 is 0. The summed E-state index contributed by atoms with van der Waals surface area (Å²) in [6.07, 6.45) is -9.31. The van der Waals surface area contributed by atoms with Crippen molar-refractivity contribution in [2.45, 2.75) is 30.5 Å². The van der Waals surface area contributed by atoms with Gasteiger partial charge in [-0.3, -0.25) is 4.79 Å². The van der Waals surface area contributed by atoms with Gasteiger partial charge < -0.3 is 36.4 Å². The molecule has 8 heteroatoms. The maximum atomic E-state index is 11.2. The lowest BCUT2D eigenvalue weighted by Gasteiger charge is -2.23. The van der Waals surface area contributed by atoms with E-state index in [0.717, 1.165) is 0 Å². The van der Waals surface area contributed by atoms with Crippen molar-refractivity contribution in [2.24, 2.45) is 5.73 Å². The largest absolute Gasteiger partial charge is 0.394 e. The van der Waals surface area contributed by atoms with Crippen LogP contribution < -0.4 is 5.73 Å². The maximum absolute atomic E-state index is 11.2. The molecule has 0 amide bonds. The number of nitrogens with two attached hydrogens (primary N) is 1. The van der Waals surface area contributed by atoms with Crippen molar-refractivity contribution in [3.8, 4) is 0 Å². The van der Waals surface area contributed by atoms with Crippen LogP contribution in [0.15, 0.2) is 0 Å². The first-order chi connectivity index (χ1) is 7.36. The van der Waals surface area contributed by atoms with Gasteiger partial charge in [0.1, 0.15) is 24.4 Å². The van der Waals surface area contributed by atoms with E-state index in [-0.39, 0.29) is 0 Å². The second kappa shape index (κ2) is 6.86. The predicted octanol–water partition coefficient (Wildman–Crippen LogP) is -4.69. The van der Waals surface area contributed by atoms with Gasteiger partial charge in [-0.1, -0.05) is 0 Å². The molecule has 0 bridgehead atoms. The van der Waals surface area contributed by atoms with Gasteiger partial charge in [0.15, 0.2) is 5.78 Å². The fourth-order valence-electron chi connectivity index (χ4n) is 0.980. The zero-order valence-corrected chi connectivity index (χ0v) is 8.47. The van der Waals surface area contributed by atoms with Crippen molar-refractivity contribution in [3.05, 3.63) is 0 Å². The molecule has 0 aliphatic rings. The van der Waals surface area contributed by atoms with E-state index in [1.165, 1.54) is 0 Å². The van der Waals surface area contributed by atoms with Gasteiger partial charge in [-0.2, -0.15) is 0 Å². The monoisotopic (exact) mass is 239 g/mol. The Bertz CT molecular complexity index is 224. The Morgan fingerprint density at radius 3 is 1.88 bits per heavy atom. The highest BCUT2D eigenvalue weighted by Gasteiger charge is 2.35. The molecule has 5 atom stereocenters. The number of hydrogen-bond donors (Lipinski definition) is 7. The minimum Gasteiger partial charge on any atom is -0.394 e. The third-order valence-corrected chi connectivity index (χ3v) is 2.09. The molecule has 0 aromatic rings. The number of carbonyl (C=O) groups excluding carboxylic acids is 1. The third kappa shape index (κ3) is 3.76. The van der Waals surface area contributed by atoms with E-state index in [1.54, 1.807) is 0 Å². The van der Waals surface area contributed by atoms with Crippen LogP contribution in [0, 0.1) is 0 Å². The Labute approximate surface area is 91.6 Å². The number of ketones is 1. The van der Waals surface area contributed by atoms with Crippen molar-refractivity contribution in [3.63, 3.8) is 0 Å². The fraction of sp³-hybridized carbons (Fsp3) is 0.875. The zero-order valence-electron chi connectivity index (χ0n) is 8.47. The highest BCUT2D eigenvalue weighted by atomic mass is 16.4. The molecule has 0 rings (SSSR count). The maximum Gasteiger partial charge on any atom is 0.195 e. The molecule has 0 aliphatic carbocycles. The van der Waals surface area contributed by atoms with Gasteiger partial charge in [-0.25, -0.2) is 0 Å². The molecule has 0 aromatic heterocycles. The van der Waals surface area contributed by atoms with Crippen LogP contribution in [0.3, 0.4) is 0 Å². The topological polar surface area (TPSA) is 164 Å². The Kier molecular flexibility index (Phi) is 6.60. The molecule has 16 heavy (non-hydrogen) atoms. The van der Waals surface area contributed by atoms with Crippen molar-refractivity contribution >= 4 is 5.78 Å². The first kappa shape index (κ1) is 15.4. The molecular formula is C8H17NO7. The predicted molar refractivity (Wildman–Crippen MR) is 51.2 cm³/mol. The number of hydrogen-bond acceptors (Lipinski definition) is 8. The first-order valence-electron chi connectivity index (χ1n) is 4.61. The molecule has 8 nitrogen and oxygen atoms in total. The molecule has 0 aliphatic heterocycles. The SMILES string of the molecule is NC[C@H](O)[C@@H](O)C(=O)[C@H](O)[C@H](O)C(O)CO. The number of rotatable bonds is 7. The van der Waals surface area contributed by atoms with Gasteiger partial charge in [-0.05, 0) is 0 Å². The number of aliphatic hydroxyl groups excluding tert-OH is 6. The van der Waals surface area contributed by atoms with E-state index < -0.39 is 49.5 Å².